The summed E-state index contributed by atoms with van der Waals surface area (Å²) in [6.07, 6.45) is 5.43. The molecule has 2 atom stereocenters. The normalized spacial score (nSPS) is 33.2. The summed E-state index contributed by atoms with van der Waals surface area (Å²) in [7, 11) is 0. The average molecular weight is 240 g/mol. The molecule has 3 nitrogen and oxygen atoms in total. The number of ether oxygens (including phenoxy) is 1. The maximum Gasteiger partial charge on any atom is 0.0561 e. The Kier molecular flexibility index (Phi) is 4.83. The van der Waals surface area contributed by atoms with E-state index in [9.17, 15) is 0 Å². The molecule has 0 spiro atoms. The van der Waals surface area contributed by atoms with Gasteiger partial charge in [-0.05, 0) is 59.5 Å². The van der Waals surface area contributed by atoms with Gasteiger partial charge in [0.15, 0.2) is 0 Å². The van der Waals surface area contributed by atoms with E-state index in [-0.39, 0.29) is 0 Å². The molecule has 3 heteroatoms. The van der Waals surface area contributed by atoms with E-state index < -0.39 is 0 Å². The largest absolute Gasteiger partial charge is 0.378 e. The van der Waals surface area contributed by atoms with Crippen LogP contribution in [0, 0.1) is 0 Å². The SMILES string of the molecule is CC1CC(NC2CCN(C(C)C)CC2)CCO1. The number of rotatable bonds is 3. The van der Waals surface area contributed by atoms with E-state index in [4.69, 9.17) is 4.74 Å². The summed E-state index contributed by atoms with van der Waals surface area (Å²) in [4.78, 5) is 2.59. The molecule has 0 aromatic rings. The third kappa shape index (κ3) is 3.94. The summed E-state index contributed by atoms with van der Waals surface area (Å²) in [5, 5.41) is 3.84. The zero-order valence-corrected chi connectivity index (χ0v) is 11.6. The van der Waals surface area contributed by atoms with Crippen molar-refractivity contribution in [3.8, 4) is 0 Å². The Balaban J connectivity index is 1.70. The van der Waals surface area contributed by atoms with Gasteiger partial charge < -0.3 is 15.0 Å². The van der Waals surface area contributed by atoms with Crippen molar-refractivity contribution in [1.29, 1.82) is 0 Å². The van der Waals surface area contributed by atoms with Gasteiger partial charge in [-0.2, -0.15) is 0 Å². The molecule has 0 saturated carbocycles. The van der Waals surface area contributed by atoms with E-state index in [1.165, 1.54) is 38.8 Å². The van der Waals surface area contributed by atoms with Crippen LogP contribution in [-0.4, -0.2) is 48.8 Å². The Morgan fingerprint density at radius 2 is 1.82 bits per heavy atom. The first-order valence-corrected chi connectivity index (χ1v) is 7.27. The first-order chi connectivity index (χ1) is 8.15. The second-order valence-corrected chi connectivity index (χ2v) is 5.97. The van der Waals surface area contributed by atoms with Crippen molar-refractivity contribution in [2.45, 2.75) is 70.7 Å². The van der Waals surface area contributed by atoms with Crippen molar-refractivity contribution in [3.05, 3.63) is 0 Å². The second kappa shape index (κ2) is 6.17. The number of nitrogens with zero attached hydrogens (tertiary/aromatic N) is 1. The second-order valence-electron chi connectivity index (χ2n) is 5.97. The zero-order valence-electron chi connectivity index (χ0n) is 11.6. The minimum Gasteiger partial charge on any atom is -0.378 e. The number of piperidine rings is 1. The summed E-state index contributed by atoms with van der Waals surface area (Å²) in [5.74, 6) is 0. The Morgan fingerprint density at radius 3 is 2.41 bits per heavy atom. The van der Waals surface area contributed by atoms with Crippen LogP contribution in [0.2, 0.25) is 0 Å². The molecular formula is C14H28N2O. The molecule has 0 aliphatic carbocycles. The van der Waals surface area contributed by atoms with Gasteiger partial charge in [-0.1, -0.05) is 0 Å². The standard InChI is InChI=1S/C14H28N2O/c1-11(2)16-7-4-13(5-8-16)15-14-6-9-17-12(3)10-14/h11-15H,4-10H2,1-3H3. The van der Waals surface area contributed by atoms with Gasteiger partial charge in [0.25, 0.3) is 0 Å². The van der Waals surface area contributed by atoms with Crippen LogP contribution in [0.1, 0.15) is 46.5 Å². The topological polar surface area (TPSA) is 24.5 Å². The monoisotopic (exact) mass is 240 g/mol. The molecule has 0 aromatic carbocycles. The highest BCUT2D eigenvalue weighted by Crippen LogP contribution is 2.18. The van der Waals surface area contributed by atoms with Crippen LogP contribution in [0.4, 0.5) is 0 Å². The van der Waals surface area contributed by atoms with Crippen molar-refractivity contribution in [2.75, 3.05) is 19.7 Å². The van der Waals surface area contributed by atoms with Gasteiger partial charge in [-0.15, -0.1) is 0 Å². The fraction of sp³-hybridized carbons (Fsp3) is 1.00. The molecule has 17 heavy (non-hydrogen) atoms. The summed E-state index contributed by atoms with van der Waals surface area (Å²) >= 11 is 0. The molecule has 100 valence electrons. The van der Waals surface area contributed by atoms with E-state index in [0.717, 1.165) is 12.6 Å². The maximum atomic E-state index is 5.60. The van der Waals surface area contributed by atoms with Gasteiger partial charge >= 0.3 is 0 Å². The average Bonchev–Trinajstić information content (AvgIpc) is 2.29. The van der Waals surface area contributed by atoms with Gasteiger partial charge in [0.1, 0.15) is 0 Å². The Morgan fingerprint density at radius 1 is 1.12 bits per heavy atom. The Bertz CT molecular complexity index is 224. The molecule has 2 aliphatic rings. The van der Waals surface area contributed by atoms with Crippen LogP contribution < -0.4 is 5.32 Å². The molecule has 0 amide bonds. The number of hydrogen-bond acceptors (Lipinski definition) is 3. The van der Waals surface area contributed by atoms with E-state index in [1.54, 1.807) is 0 Å². The van der Waals surface area contributed by atoms with E-state index >= 15 is 0 Å². The molecule has 2 unspecified atom stereocenters. The van der Waals surface area contributed by atoms with Crippen molar-refractivity contribution in [1.82, 2.24) is 10.2 Å². The third-order valence-electron chi connectivity index (χ3n) is 4.22. The highest BCUT2D eigenvalue weighted by molar-refractivity contribution is 4.83. The smallest absolute Gasteiger partial charge is 0.0561 e. The van der Waals surface area contributed by atoms with Gasteiger partial charge in [-0.25, -0.2) is 0 Å². The lowest BCUT2D eigenvalue weighted by Crippen LogP contribution is -2.49. The molecule has 2 heterocycles. The quantitative estimate of drug-likeness (QED) is 0.817. The predicted molar refractivity (Wildman–Crippen MR) is 71.3 cm³/mol. The van der Waals surface area contributed by atoms with Crippen LogP contribution in [0.5, 0.6) is 0 Å². The van der Waals surface area contributed by atoms with Crippen molar-refractivity contribution >= 4 is 0 Å². The minimum atomic E-state index is 0.442. The van der Waals surface area contributed by atoms with Crippen LogP contribution in [0.15, 0.2) is 0 Å². The lowest BCUT2D eigenvalue weighted by atomic mass is 9.98. The first-order valence-electron chi connectivity index (χ1n) is 7.27. The number of hydrogen-bond donors (Lipinski definition) is 1. The van der Waals surface area contributed by atoms with Crippen LogP contribution in [0.3, 0.4) is 0 Å². The number of likely N-dealkylation sites (tertiary alicyclic amines) is 1. The summed E-state index contributed by atoms with van der Waals surface area (Å²) in [6.45, 7) is 10.2. The third-order valence-corrected chi connectivity index (χ3v) is 4.22. The highest BCUT2D eigenvalue weighted by Gasteiger charge is 2.25. The fourth-order valence-electron chi connectivity index (χ4n) is 3.07. The first kappa shape index (κ1) is 13.3. The minimum absolute atomic E-state index is 0.442. The molecule has 0 radical (unpaired) electrons. The van der Waals surface area contributed by atoms with Gasteiger partial charge in [-0.3, -0.25) is 0 Å². The van der Waals surface area contributed by atoms with Crippen molar-refractivity contribution in [3.63, 3.8) is 0 Å². The van der Waals surface area contributed by atoms with Gasteiger partial charge in [0.05, 0.1) is 6.10 Å². The Hall–Kier alpha value is -0.120. The highest BCUT2D eigenvalue weighted by atomic mass is 16.5. The van der Waals surface area contributed by atoms with Crippen molar-refractivity contribution in [2.24, 2.45) is 0 Å². The molecule has 0 aromatic heterocycles. The van der Waals surface area contributed by atoms with E-state index in [1.807, 2.05) is 0 Å². The lowest BCUT2D eigenvalue weighted by molar-refractivity contribution is 0.00908. The summed E-state index contributed by atoms with van der Waals surface area (Å²) < 4.78 is 5.60. The predicted octanol–water partition coefficient (Wildman–Crippen LogP) is 2.02. The zero-order chi connectivity index (χ0) is 12.3. The molecular weight excluding hydrogens is 212 g/mol. The lowest BCUT2D eigenvalue weighted by Gasteiger charge is -2.38. The molecule has 2 saturated heterocycles. The molecule has 1 N–H and O–H groups in total. The van der Waals surface area contributed by atoms with E-state index in [0.29, 0.717) is 18.2 Å². The van der Waals surface area contributed by atoms with Crippen LogP contribution in [0.25, 0.3) is 0 Å². The van der Waals surface area contributed by atoms with Crippen LogP contribution >= 0.6 is 0 Å². The van der Waals surface area contributed by atoms with Gasteiger partial charge in [0, 0.05) is 24.7 Å². The van der Waals surface area contributed by atoms with E-state index in [2.05, 4.69) is 31.0 Å². The molecule has 2 fully saturated rings. The maximum absolute atomic E-state index is 5.60. The van der Waals surface area contributed by atoms with Crippen LogP contribution in [-0.2, 0) is 4.74 Å². The summed E-state index contributed by atoms with van der Waals surface area (Å²) in [5.41, 5.74) is 0. The molecule has 0 bridgehead atoms. The summed E-state index contributed by atoms with van der Waals surface area (Å²) in [6, 6.07) is 2.13. The fourth-order valence-corrected chi connectivity index (χ4v) is 3.07. The molecule has 2 aliphatic heterocycles. The van der Waals surface area contributed by atoms with Crippen molar-refractivity contribution < 1.29 is 4.74 Å². The van der Waals surface area contributed by atoms with Gasteiger partial charge in [0.2, 0.25) is 0 Å². The Labute approximate surface area is 106 Å². The molecule has 2 rings (SSSR count). The number of nitrogens with one attached hydrogen (secondary N) is 1.